The van der Waals surface area contributed by atoms with Crippen LogP contribution in [0.15, 0.2) is 48.7 Å². The summed E-state index contributed by atoms with van der Waals surface area (Å²) in [6, 6.07) is 14.0. The average Bonchev–Trinajstić information content (AvgIpc) is 3.06. The Balaban J connectivity index is 1.60. The SMILES string of the molecule is CC(Oc1ccc2ncc(-c3ccccc3)n2n1)C1CCCNC1. The van der Waals surface area contributed by atoms with Gasteiger partial charge in [0.05, 0.1) is 11.9 Å². The van der Waals surface area contributed by atoms with Gasteiger partial charge in [-0.3, -0.25) is 0 Å². The van der Waals surface area contributed by atoms with Crippen molar-refractivity contribution in [3.63, 3.8) is 0 Å². The van der Waals surface area contributed by atoms with Gasteiger partial charge in [-0.2, -0.15) is 0 Å². The van der Waals surface area contributed by atoms with Crippen LogP contribution in [0.5, 0.6) is 5.88 Å². The van der Waals surface area contributed by atoms with Crippen LogP contribution in [0.25, 0.3) is 16.9 Å². The molecule has 0 spiro atoms. The Labute approximate surface area is 141 Å². The van der Waals surface area contributed by atoms with Gasteiger partial charge in [-0.1, -0.05) is 30.3 Å². The van der Waals surface area contributed by atoms with Gasteiger partial charge in [-0.25, -0.2) is 9.50 Å². The van der Waals surface area contributed by atoms with E-state index in [-0.39, 0.29) is 6.10 Å². The van der Waals surface area contributed by atoms with E-state index in [1.54, 1.807) is 0 Å². The standard InChI is InChI=1S/C19H22N4O/c1-14(16-8-5-11-20-12-16)24-19-10-9-18-21-13-17(23(18)22-19)15-6-3-2-4-7-15/h2-4,6-7,9-10,13-14,16,20H,5,8,11-12H2,1H3. The number of hydrogen-bond donors (Lipinski definition) is 1. The Kier molecular flexibility index (Phi) is 4.17. The van der Waals surface area contributed by atoms with Crippen LogP contribution < -0.4 is 10.1 Å². The number of imidazole rings is 1. The molecule has 5 nitrogen and oxygen atoms in total. The van der Waals surface area contributed by atoms with Crippen LogP contribution in [-0.2, 0) is 0 Å². The predicted molar refractivity (Wildman–Crippen MR) is 94.1 cm³/mol. The largest absolute Gasteiger partial charge is 0.473 e. The Hall–Kier alpha value is -2.40. The maximum atomic E-state index is 6.12. The maximum Gasteiger partial charge on any atom is 0.232 e. The quantitative estimate of drug-likeness (QED) is 0.801. The fourth-order valence-electron chi connectivity index (χ4n) is 3.29. The van der Waals surface area contributed by atoms with E-state index < -0.39 is 0 Å². The molecule has 5 heteroatoms. The van der Waals surface area contributed by atoms with E-state index in [2.05, 4.69) is 34.5 Å². The molecule has 1 saturated heterocycles. The van der Waals surface area contributed by atoms with Crippen molar-refractivity contribution in [2.75, 3.05) is 13.1 Å². The molecule has 1 fully saturated rings. The van der Waals surface area contributed by atoms with E-state index in [1.165, 1.54) is 12.8 Å². The molecule has 2 unspecified atom stereocenters. The maximum absolute atomic E-state index is 6.12. The van der Waals surface area contributed by atoms with Crippen molar-refractivity contribution in [1.29, 1.82) is 0 Å². The first-order valence-corrected chi connectivity index (χ1v) is 8.59. The third-order valence-corrected chi connectivity index (χ3v) is 4.71. The van der Waals surface area contributed by atoms with E-state index in [0.29, 0.717) is 11.8 Å². The molecule has 2 atom stereocenters. The Morgan fingerprint density at radius 2 is 2.08 bits per heavy atom. The monoisotopic (exact) mass is 322 g/mol. The van der Waals surface area contributed by atoms with Crippen LogP contribution in [0.3, 0.4) is 0 Å². The Bertz CT molecular complexity index is 809. The summed E-state index contributed by atoms with van der Waals surface area (Å²) in [6.07, 6.45) is 4.42. The Morgan fingerprint density at radius 3 is 2.88 bits per heavy atom. The number of ether oxygens (including phenoxy) is 1. The second kappa shape index (κ2) is 6.61. The lowest BCUT2D eigenvalue weighted by molar-refractivity contribution is 0.124. The van der Waals surface area contributed by atoms with Gasteiger partial charge in [0, 0.05) is 24.1 Å². The third-order valence-electron chi connectivity index (χ3n) is 4.71. The number of fused-ring (bicyclic) bond motifs is 1. The van der Waals surface area contributed by atoms with Crippen LogP contribution in [0.2, 0.25) is 0 Å². The summed E-state index contributed by atoms with van der Waals surface area (Å²) in [5.74, 6) is 1.18. The molecule has 3 aromatic rings. The van der Waals surface area contributed by atoms with Crippen molar-refractivity contribution in [1.82, 2.24) is 19.9 Å². The van der Waals surface area contributed by atoms with Gasteiger partial charge in [0.15, 0.2) is 5.65 Å². The fraction of sp³-hybridized carbons (Fsp3) is 0.368. The first kappa shape index (κ1) is 15.1. The van der Waals surface area contributed by atoms with Gasteiger partial charge >= 0.3 is 0 Å². The topological polar surface area (TPSA) is 51.5 Å². The lowest BCUT2D eigenvalue weighted by atomic mass is 9.95. The van der Waals surface area contributed by atoms with Gasteiger partial charge in [0.1, 0.15) is 6.10 Å². The van der Waals surface area contributed by atoms with Crippen molar-refractivity contribution in [3.05, 3.63) is 48.7 Å². The summed E-state index contributed by atoms with van der Waals surface area (Å²) in [5, 5.41) is 8.10. The number of nitrogens with zero attached hydrogens (tertiary/aromatic N) is 3. The van der Waals surface area contributed by atoms with Crippen molar-refractivity contribution in [3.8, 4) is 17.1 Å². The van der Waals surface area contributed by atoms with Crippen molar-refractivity contribution in [2.24, 2.45) is 5.92 Å². The lowest BCUT2D eigenvalue weighted by Crippen LogP contribution is -2.38. The molecule has 1 aliphatic heterocycles. The molecule has 3 heterocycles. The number of nitrogens with one attached hydrogen (secondary N) is 1. The first-order chi connectivity index (χ1) is 11.8. The number of benzene rings is 1. The van der Waals surface area contributed by atoms with Gasteiger partial charge < -0.3 is 10.1 Å². The van der Waals surface area contributed by atoms with Crippen LogP contribution in [0.4, 0.5) is 0 Å². The zero-order chi connectivity index (χ0) is 16.4. The van der Waals surface area contributed by atoms with Gasteiger partial charge in [-0.05, 0) is 32.4 Å². The molecule has 1 N–H and O–H groups in total. The highest BCUT2D eigenvalue weighted by atomic mass is 16.5. The third kappa shape index (κ3) is 2.99. The van der Waals surface area contributed by atoms with Crippen LogP contribution in [-0.4, -0.2) is 33.8 Å². The minimum Gasteiger partial charge on any atom is -0.473 e. The van der Waals surface area contributed by atoms with Crippen LogP contribution >= 0.6 is 0 Å². The van der Waals surface area contributed by atoms with Crippen LogP contribution in [0, 0.1) is 5.92 Å². The second-order valence-corrected chi connectivity index (χ2v) is 6.38. The first-order valence-electron chi connectivity index (χ1n) is 8.59. The Morgan fingerprint density at radius 1 is 1.21 bits per heavy atom. The van der Waals surface area contributed by atoms with E-state index in [4.69, 9.17) is 4.74 Å². The molecule has 124 valence electrons. The highest BCUT2D eigenvalue weighted by molar-refractivity contribution is 5.62. The number of hydrogen-bond acceptors (Lipinski definition) is 4. The number of rotatable bonds is 4. The summed E-state index contributed by atoms with van der Waals surface area (Å²) in [5.41, 5.74) is 2.90. The molecule has 0 radical (unpaired) electrons. The van der Waals surface area contributed by atoms with Gasteiger partial charge in [-0.15, -0.1) is 5.10 Å². The molecule has 24 heavy (non-hydrogen) atoms. The minimum atomic E-state index is 0.145. The van der Waals surface area contributed by atoms with E-state index in [0.717, 1.165) is 30.0 Å². The molecule has 1 aliphatic rings. The molecule has 1 aromatic carbocycles. The summed E-state index contributed by atoms with van der Waals surface area (Å²) in [6.45, 7) is 4.27. The summed E-state index contributed by atoms with van der Waals surface area (Å²) in [4.78, 5) is 4.44. The molecular weight excluding hydrogens is 300 g/mol. The average molecular weight is 322 g/mol. The predicted octanol–water partition coefficient (Wildman–Crippen LogP) is 3.16. The zero-order valence-electron chi connectivity index (χ0n) is 13.9. The normalized spacial score (nSPS) is 19.3. The molecule has 4 rings (SSSR count). The molecule has 0 saturated carbocycles. The molecule has 0 bridgehead atoms. The summed E-state index contributed by atoms with van der Waals surface area (Å²) >= 11 is 0. The van der Waals surface area contributed by atoms with Gasteiger partial charge in [0.25, 0.3) is 0 Å². The molecular formula is C19H22N4O. The van der Waals surface area contributed by atoms with Crippen LogP contribution in [0.1, 0.15) is 19.8 Å². The van der Waals surface area contributed by atoms with Crippen molar-refractivity contribution < 1.29 is 4.74 Å². The van der Waals surface area contributed by atoms with Crippen molar-refractivity contribution >= 4 is 5.65 Å². The summed E-state index contributed by atoms with van der Waals surface area (Å²) < 4.78 is 7.98. The van der Waals surface area contributed by atoms with Gasteiger partial charge in [0.2, 0.25) is 5.88 Å². The fourth-order valence-corrected chi connectivity index (χ4v) is 3.29. The molecule has 0 amide bonds. The number of aromatic nitrogens is 3. The number of piperidine rings is 1. The smallest absolute Gasteiger partial charge is 0.232 e. The summed E-state index contributed by atoms with van der Waals surface area (Å²) in [7, 11) is 0. The zero-order valence-corrected chi connectivity index (χ0v) is 13.9. The van der Waals surface area contributed by atoms with E-state index in [9.17, 15) is 0 Å². The van der Waals surface area contributed by atoms with Crippen molar-refractivity contribution in [2.45, 2.75) is 25.9 Å². The highest BCUT2D eigenvalue weighted by Gasteiger charge is 2.22. The molecule has 2 aromatic heterocycles. The highest BCUT2D eigenvalue weighted by Crippen LogP contribution is 2.23. The second-order valence-electron chi connectivity index (χ2n) is 6.38. The van der Waals surface area contributed by atoms with E-state index in [1.807, 2.05) is 41.0 Å². The molecule has 0 aliphatic carbocycles. The minimum absolute atomic E-state index is 0.145. The van der Waals surface area contributed by atoms with E-state index >= 15 is 0 Å². The lowest BCUT2D eigenvalue weighted by Gasteiger charge is -2.28.